The molecule has 2 aromatic heterocycles. The summed E-state index contributed by atoms with van der Waals surface area (Å²) in [6.07, 6.45) is 3.94. The van der Waals surface area contributed by atoms with Crippen molar-refractivity contribution in [3.63, 3.8) is 0 Å². The molecule has 2 amide bonds. The van der Waals surface area contributed by atoms with E-state index in [0.29, 0.717) is 42.9 Å². The van der Waals surface area contributed by atoms with E-state index in [2.05, 4.69) is 64.5 Å². The van der Waals surface area contributed by atoms with Crippen LogP contribution in [0, 0.1) is 9.39 Å². The van der Waals surface area contributed by atoms with E-state index in [1.807, 2.05) is 15.7 Å². The highest BCUT2D eigenvalue weighted by molar-refractivity contribution is 14.1. The van der Waals surface area contributed by atoms with Crippen molar-refractivity contribution in [1.82, 2.24) is 24.7 Å². The first-order chi connectivity index (χ1) is 21.6. The molecule has 2 bridgehead atoms. The Morgan fingerprint density at radius 2 is 1.91 bits per heavy atom. The summed E-state index contributed by atoms with van der Waals surface area (Å²) in [4.78, 5) is 35.1. The van der Waals surface area contributed by atoms with E-state index in [1.54, 1.807) is 45.2 Å². The number of amides is 2. The maximum Gasteiger partial charge on any atom is 0.408 e. The van der Waals surface area contributed by atoms with Crippen LogP contribution in [-0.4, -0.2) is 89.9 Å². The predicted octanol–water partition coefficient (Wildman–Crippen LogP) is 6.24. The molecule has 2 aliphatic rings. The van der Waals surface area contributed by atoms with Crippen molar-refractivity contribution in [2.24, 2.45) is 0 Å². The SMILES string of the molecule is CN1C[C@@H]2C[C@H]1CN2C(=O)[C@H](Cc1ccc(Oc2ccnc3c2c(I)cn3COCC[Si](C)(C)C)c(F)c1)NC(=O)OC(C)(C)C. The fourth-order valence-electron chi connectivity index (χ4n) is 5.96. The number of alkyl carbamates (subject to hydrolysis) is 1. The number of fused-ring (bicyclic) bond motifs is 3. The van der Waals surface area contributed by atoms with Gasteiger partial charge in [0.05, 0.1) is 5.39 Å². The van der Waals surface area contributed by atoms with Gasteiger partial charge in [0.15, 0.2) is 11.6 Å². The van der Waals surface area contributed by atoms with E-state index < -0.39 is 31.6 Å². The number of aromatic nitrogens is 2. The lowest BCUT2D eigenvalue weighted by molar-refractivity contribution is -0.135. The average molecular weight is 766 g/mol. The molecule has 250 valence electrons. The minimum Gasteiger partial charge on any atom is -0.453 e. The quantitative estimate of drug-likeness (QED) is 0.140. The number of halogens is 2. The fraction of sp³-hybridized carbons (Fsp3) is 0.545. The van der Waals surface area contributed by atoms with Crippen molar-refractivity contribution in [2.45, 2.75) is 89.8 Å². The van der Waals surface area contributed by atoms with Crippen LogP contribution in [-0.2, 0) is 27.4 Å². The standard InChI is InChI=1S/C33H45FIN5O5Si/c1-33(2,3)45-32(42)37-26(31(41)40-18-22-16-23(40)17-38(22)4)15-21-8-9-27(24(34)14-21)44-28-10-11-36-30-29(28)25(35)19-39(30)20-43-12-13-46(5,6)7/h8-11,14,19,22-23,26H,12-13,15-18,20H2,1-7H3,(H,37,42)/t22-,23-,26-/m0/s1. The lowest BCUT2D eigenvalue weighted by Gasteiger charge is -2.34. The number of carbonyl (C=O) groups excluding carboxylic acids is 2. The van der Waals surface area contributed by atoms with Crippen molar-refractivity contribution in [2.75, 3.05) is 26.7 Å². The van der Waals surface area contributed by atoms with Gasteiger partial charge in [-0.3, -0.25) is 9.69 Å². The zero-order valence-electron chi connectivity index (χ0n) is 27.7. The Morgan fingerprint density at radius 3 is 2.54 bits per heavy atom. The second-order valence-electron chi connectivity index (χ2n) is 14.5. The summed E-state index contributed by atoms with van der Waals surface area (Å²) in [7, 11) is 0.863. The van der Waals surface area contributed by atoms with Crippen LogP contribution in [0.2, 0.25) is 25.7 Å². The van der Waals surface area contributed by atoms with Gasteiger partial charge in [0.2, 0.25) is 5.91 Å². The zero-order valence-corrected chi connectivity index (χ0v) is 30.9. The highest BCUT2D eigenvalue weighted by Gasteiger charge is 2.45. The van der Waals surface area contributed by atoms with E-state index in [1.165, 1.54) is 6.07 Å². The molecule has 2 aliphatic heterocycles. The van der Waals surface area contributed by atoms with Crippen LogP contribution in [0.1, 0.15) is 32.8 Å². The predicted molar refractivity (Wildman–Crippen MR) is 186 cm³/mol. The first-order valence-corrected chi connectivity index (χ1v) is 20.5. The van der Waals surface area contributed by atoms with E-state index in [9.17, 15) is 9.59 Å². The van der Waals surface area contributed by atoms with Crippen LogP contribution >= 0.6 is 22.6 Å². The third-order valence-corrected chi connectivity index (χ3v) is 10.9. The number of benzene rings is 1. The number of nitrogens with zero attached hydrogens (tertiary/aromatic N) is 4. The maximum absolute atomic E-state index is 15.6. The monoisotopic (exact) mass is 765 g/mol. The van der Waals surface area contributed by atoms with Gasteiger partial charge in [-0.1, -0.05) is 25.7 Å². The van der Waals surface area contributed by atoms with Gasteiger partial charge < -0.3 is 29.0 Å². The van der Waals surface area contributed by atoms with E-state index in [4.69, 9.17) is 14.2 Å². The maximum atomic E-state index is 15.6. The van der Waals surface area contributed by atoms with Gasteiger partial charge in [-0.05, 0) is 86.6 Å². The Hall–Kier alpha value is -2.75. The first kappa shape index (κ1) is 34.6. The van der Waals surface area contributed by atoms with Gasteiger partial charge in [0, 0.05) is 62.2 Å². The van der Waals surface area contributed by atoms with Crippen LogP contribution in [0.15, 0.2) is 36.7 Å². The Labute approximate surface area is 285 Å². The van der Waals surface area contributed by atoms with Crippen molar-refractivity contribution in [3.8, 4) is 11.5 Å². The topological polar surface area (TPSA) is 98.2 Å². The molecular weight excluding hydrogens is 720 g/mol. The Balaban J connectivity index is 1.31. The summed E-state index contributed by atoms with van der Waals surface area (Å²) < 4.78 is 35.9. The molecular formula is C33H45FIN5O5Si. The van der Waals surface area contributed by atoms with Crippen molar-refractivity contribution in [1.29, 1.82) is 0 Å². The largest absolute Gasteiger partial charge is 0.453 e. The summed E-state index contributed by atoms with van der Waals surface area (Å²) in [6.45, 7) is 14.7. The number of likely N-dealkylation sites (tertiary alicyclic amines) is 2. The first-order valence-electron chi connectivity index (χ1n) is 15.8. The molecule has 2 fully saturated rings. The summed E-state index contributed by atoms with van der Waals surface area (Å²) in [6, 6.07) is 6.94. The Bertz CT molecular complexity index is 1590. The molecule has 0 unspecified atom stereocenters. The number of likely N-dealkylation sites (N-methyl/N-ethyl adjacent to an activating group) is 1. The molecule has 4 heterocycles. The van der Waals surface area contributed by atoms with Crippen molar-refractivity contribution in [3.05, 3.63) is 51.6 Å². The van der Waals surface area contributed by atoms with Crippen LogP contribution in [0.5, 0.6) is 11.5 Å². The molecule has 0 aliphatic carbocycles. The molecule has 3 atom stereocenters. The lowest BCUT2D eigenvalue weighted by atomic mass is 10.0. The molecule has 3 aromatic rings. The summed E-state index contributed by atoms with van der Waals surface area (Å²) in [5.41, 5.74) is 0.524. The third-order valence-electron chi connectivity index (χ3n) is 8.34. The molecule has 10 nitrogen and oxygen atoms in total. The van der Waals surface area contributed by atoms with Gasteiger partial charge >= 0.3 is 6.09 Å². The van der Waals surface area contributed by atoms with Gasteiger partial charge in [0.1, 0.15) is 29.8 Å². The number of nitrogens with one attached hydrogen (secondary N) is 1. The van der Waals surface area contributed by atoms with E-state index in [-0.39, 0.29) is 24.1 Å². The minimum atomic E-state index is -1.20. The minimum absolute atomic E-state index is 0.0500. The number of piperazine rings is 1. The molecule has 1 N–H and O–H groups in total. The summed E-state index contributed by atoms with van der Waals surface area (Å²) in [5, 5.41) is 3.54. The summed E-state index contributed by atoms with van der Waals surface area (Å²) >= 11 is 2.23. The lowest BCUT2D eigenvalue weighted by Crippen LogP contribution is -2.55. The normalized spacial score (nSPS) is 19.1. The number of hydrogen-bond donors (Lipinski definition) is 1. The highest BCUT2D eigenvalue weighted by atomic mass is 127. The van der Waals surface area contributed by atoms with Crippen molar-refractivity contribution >= 4 is 53.7 Å². The van der Waals surface area contributed by atoms with Crippen LogP contribution in [0.3, 0.4) is 0 Å². The Kier molecular flexibility index (Phi) is 10.4. The smallest absolute Gasteiger partial charge is 0.408 e. The molecule has 0 saturated carbocycles. The number of ether oxygens (including phenoxy) is 3. The molecule has 5 rings (SSSR count). The fourth-order valence-corrected chi connectivity index (χ4v) is 7.56. The second kappa shape index (κ2) is 13.8. The molecule has 2 saturated heterocycles. The van der Waals surface area contributed by atoms with Gasteiger partial charge in [0.25, 0.3) is 0 Å². The van der Waals surface area contributed by atoms with E-state index in [0.717, 1.165) is 28.0 Å². The van der Waals surface area contributed by atoms with Crippen LogP contribution in [0.25, 0.3) is 11.0 Å². The number of carbonyl (C=O) groups is 2. The molecule has 13 heteroatoms. The summed E-state index contributed by atoms with van der Waals surface area (Å²) in [5.74, 6) is -0.225. The number of pyridine rings is 1. The zero-order chi connectivity index (χ0) is 33.4. The number of hydrogen-bond acceptors (Lipinski definition) is 7. The number of rotatable bonds is 11. The highest BCUT2D eigenvalue weighted by Crippen LogP contribution is 2.35. The molecule has 1 aromatic carbocycles. The van der Waals surface area contributed by atoms with E-state index >= 15 is 4.39 Å². The van der Waals surface area contributed by atoms with Gasteiger partial charge in [-0.15, -0.1) is 0 Å². The Morgan fingerprint density at radius 1 is 1.15 bits per heavy atom. The van der Waals surface area contributed by atoms with Gasteiger partial charge in [-0.25, -0.2) is 14.2 Å². The van der Waals surface area contributed by atoms with Crippen LogP contribution < -0.4 is 10.1 Å². The molecule has 0 radical (unpaired) electrons. The third kappa shape index (κ3) is 8.39. The second-order valence-corrected chi connectivity index (χ2v) is 21.3. The average Bonchev–Trinajstić information content (AvgIpc) is 3.63. The van der Waals surface area contributed by atoms with Crippen LogP contribution in [0.4, 0.5) is 9.18 Å². The van der Waals surface area contributed by atoms with Gasteiger partial charge in [-0.2, -0.15) is 0 Å². The molecule has 46 heavy (non-hydrogen) atoms. The van der Waals surface area contributed by atoms with Crippen molar-refractivity contribution < 1.29 is 28.2 Å². The molecule has 0 spiro atoms.